The Morgan fingerprint density at radius 3 is 2.04 bits per heavy atom. The van der Waals surface area contributed by atoms with Crippen molar-refractivity contribution < 1.29 is 0 Å². The van der Waals surface area contributed by atoms with Gasteiger partial charge >= 0.3 is 0 Å². The van der Waals surface area contributed by atoms with E-state index in [4.69, 9.17) is 0 Å². The summed E-state index contributed by atoms with van der Waals surface area (Å²) in [5.74, 6) is 0. The summed E-state index contributed by atoms with van der Waals surface area (Å²) in [6, 6.07) is 21.5. The fraction of sp³-hybridized carbons (Fsp3) is 0.400. The second kappa shape index (κ2) is 8.02. The minimum absolute atomic E-state index is 1.06. The molecule has 1 aliphatic rings. The average molecular weight is 309 g/mol. The summed E-state index contributed by atoms with van der Waals surface area (Å²) >= 11 is 0. The van der Waals surface area contributed by atoms with E-state index in [-0.39, 0.29) is 0 Å². The monoisotopic (exact) mass is 309 g/mol. The van der Waals surface area contributed by atoms with E-state index in [9.17, 15) is 0 Å². The first-order valence-electron chi connectivity index (χ1n) is 8.69. The number of rotatable bonds is 6. The summed E-state index contributed by atoms with van der Waals surface area (Å²) < 4.78 is 0. The molecular formula is C20H27N3. The van der Waals surface area contributed by atoms with Gasteiger partial charge in [0.1, 0.15) is 0 Å². The van der Waals surface area contributed by atoms with Crippen LogP contribution in [0.15, 0.2) is 60.7 Å². The van der Waals surface area contributed by atoms with Crippen molar-refractivity contribution in [2.75, 3.05) is 55.6 Å². The highest BCUT2D eigenvalue weighted by Crippen LogP contribution is 2.16. The molecule has 1 saturated heterocycles. The van der Waals surface area contributed by atoms with Crippen molar-refractivity contribution in [1.29, 1.82) is 0 Å². The Bertz CT molecular complexity index is 562. The Hall–Kier alpha value is -2.00. The SMILES string of the molecule is CCN(CCN1CCN(c2ccccc2)CC1)c1ccccc1. The molecule has 0 spiro atoms. The molecule has 2 aromatic rings. The van der Waals surface area contributed by atoms with Gasteiger partial charge in [-0.2, -0.15) is 0 Å². The van der Waals surface area contributed by atoms with Gasteiger partial charge in [0.05, 0.1) is 0 Å². The summed E-state index contributed by atoms with van der Waals surface area (Å²) in [5.41, 5.74) is 2.68. The van der Waals surface area contributed by atoms with Gasteiger partial charge in [0, 0.05) is 57.2 Å². The Labute approximate surface area is 140 Å². The molecular weight excluding hydrogens is 282 g/mol. The molecule has 0 aliphatic carbocycles. The lowest BCUT2D eigenvalue weighted by molar-refractivity contribution is 0.263. The predicted octanol–water partition coefficient (Wildman–Crippen LogP) is 3.34. The highest BCUT2D eigenvalue weighted by molar-refractivity contribution is 5.47. The lowest BCUT2D eigenvalue weighted by Crippen LogP contribution is -2.48. The van der Waals surface area contributed by atoms with Crippen molar-refractivity contribution in [2.24, 2.45) is 0 Å². The van der Waals surface area contributed by atoms with Crippen LogP contribution in [0.4, 0.5) is 11.4 Å². The van der Waals surface area contributed by atoms with Crippen LogP contribution in [-0.4, -0.2) is 50.7 Å². The van der Waals surface area contributed by atoms with Crippen molar-refractivity contribution >= 4 is 11.4 Å². The minimum Gasteiger partial charge on any atom is -0.371 e. The first kappa shape index (κ1) is 15.9. The molecule has 3 nitrogen and oxygen atoms in total. The molecule has 0 N–H and O–H groups in total. The van der Waals surface area contributed by atoms with E-state index in [0.717, 1.165) is 45.8 Å². The molecule has 3 heteroatoms. The van der Waals surface area contributed by atoms with Gasteiger partial charge in [-0.05, 0) is 31.2 Å². The first-order chi connectivity index (χ1) is 11.4. The van der Waals surface area contributed by atoms with Crippen LogP contribution in [0.2, 0.25) is 0 Å². The van der Waals surface area contributed by atoms with Crippen LogP contribution in [0.5, 0.6) is 0 Å². The summed E-state index contributed by atoms with van der Waals surface area (Å²) in [6.45, 7) is 10.1. The van der Waals surface area contributed by atoms with Crippen LogP contribution in [0, 0.1) is 0 Å². The number of piperazine rings is 1. The van der Waals surface area contributed by atoms with Crippen molar-refractivity contribution in [1.82, 2.24) is 4.90 Å². The van der Waals surface area contributed by atoms with E-state index in [1.165, 1.54) is 11.4 Å². The second-order valence-corrected chi connectivity index (χ2v) is 6.08. The van der Waals surface area contributed by atoms with Gasteiger partial charge in [0.25, 0.3) is 0 Å². The third-order valence-electron chi connectivity index (χ3n) is 4.68. The van der Waals surface area contributed by atoms with E-state index in [0.29, 0.717) is 0 Å². The number of para-hydroxylation sites is 2. The van der Waals surface area contributed by atoms with E-state index >= 15 is 0 Å². The van der Waals surface area contributed by atoms with Gasteiger partial charge < -0.3 is 9.80 Å². The lowest BCUT2D eigenvalue weighted by Gasteiger charge is -2.37. The van der Waals surface area contributed by atoms with E-state index in [1.54, 1.807) is 0 Å². The zero-order valence-electron chi connectivity index (χ0n) is 14.1. The molecule has 1 aliphatic heterocycles. The number of benzene rings is 2. The molecule has 0 aromatic heterocycles. The number of hydrogen-bond donors (Lipinski definition) is 0. The first-order valence-corrected chi connectivity index (χ1v) is 8.69. The highest BCUT2D eigenvalue weighted by Gasteiger charge is 2.17. The standard InChI is InChI=1S/C20H27N3/c1-2-22(19-9-5-3-6-10-19)16-13-21-14-17-23(18-15-21)20-11-7-4-8-12-20/h3-12H,2,13-18H2,1H3. The van der Waals surface area contributed by atoms with Crippen LogP contribution in [0.3, 0.4) is 0 Å². The zero-order valence-corrected chi connectivity index (χ0v) is 14.1. The van der Waals surface area contributed by atoms with Gasteiger partial charge in [-0.1, -0.05) is 36.4 Å². The van der Waals surface area contributed by atoms with E-state index in [2.05, 4.69) is 82.3 Å². The molecule has 1 heterocycles. The summed E-state index contributed by atoms with van der Waals surface area (Å²) in [4.78, 5) is 7.54. The predicted molar refractivity (Wildman–Crippen MR) is 99.4 cm³/mol. The molecule has 23 heavy (non-hydrogen) atoms. The van der Waals surface area contributed by atoms with Crippen molar-refractivity contribution in [3.8, 4) is 0 Å². The molecule has 0 atom stereocenters. The molecule has 0 bridgehead atoms. The molecule has 1 fully saturated rings. The number of hydrogen-bond acceptors (Lipinski definition) is 3. The lowest BCUT2D eigenvalue weighted by atomic mass is 10.2. The second-order valence-electron chi connectivity index (χ2n) is 6.08. The largest absolute Gasteiger partial charge is 0.371 e. The van der Waals surface area contributed by atoms with Gasteiger partial charge in [0.15, 0.2) is 0 Å². The molecule has 0 amide bonds. The Morgan fingerprint density at radius 1 is 0.826 bits per heavy atom. The van der Waals surface area contributed by atoms with Crippen LogP contribution in [0.25, 0.3) is 0 Å². The topological polar surface area (TPSA) is 9.72 Å². The smallest absolute Gasteiger partial charge is 0.0367 e. The third-order valence-corrected chi connectivity index (χ3v) is 4.68. The van der Waals surface area contributed by atoms with Crippen molar-refractivity contribution in [2.45, 2.75) is 6.92 Å². The van der Waals surface area contributed by atoms with Gasteiger partial charge in [-0.3, -0.25) is 4.90 Å². The Balaban J connectivity index is 1.47. The fourth-order valence-electron chi connectivity index (χ4n) is 3.24. The maximum atomic E-state index is 2.59. The maximum Gasteiger partial charge on any atom is 0.0367 e. The van der Waals surface area contributed by atoms with Gasteiger partial charge in [0.2, 0.25) is 0 Å². The highest BCUT2D eigenvalue weighted by atomic mass is 15.3. The zero-order chi connectivity index (χ0) is 15.9. The molecule has 3 rings (SSSR count). The minimum atomic E-state index is 1.06. The number of anilines is 2. The molecule has 0 radical (unpaired) electrons. The van der Waals surface area contributed by atoms with E-state index in [1.807, 2.05) is 0 Å². The molecule has 122 valence electrons. The summed E-state index contributed by atoms with van der Waals surface area (Å²) in [5, 5.41) is 0. The Morgan fingerprint density at radius 2 is 1.43 bits per heavy atom. The van der Waals surface area contributed by atoms with Crippen LogP contribution < -0.4 is 9.80 Å². The maximum absolute atomic E-state index is 2.59. The Kier molecular flexibility index (Phi) is 5.54. The van der Waals surface area contributed by atoms with Gasteiger partial charge in [-0.25, -0.2) is 0 Å². The quantitative estimate of drug-likeness (QED) is 0.810. The number of nitrogens with zero attached hydrogens (tertiary/aromatic N) is 3. The third kappa shape index (κ3) is 4.26. The van der Waals surface area contributed by atoms with Crippen LogP contribution in [-0.2, 0) is 0 Å². The van der Waals surface area contributed by atoms with Crippen LogP contribution in [0.1, 0.15) is 6.92 Å². The van der Waals surface area contributed by atoms with Crippen molar-refractivity contribution in [3.05, 3.63) is 60.7 Å². The molecule has 2 aromatic carbocycles. The van der Waals surface area contributed by atoms with E-state index < -0.39 is 0 Å². The van der Waals surface area contributed by atoms with Gasteiger partial charge in [-0.15, -0.1) is 0 Å². The van der Waals surface area contributed by atoms with Crippen molar-refractivity contribution in [3.63, 3.8) is 0 Å². The average Bonchev–Trinajstić information content (AvgIpc) is 2.64. The fourth-order valence-corrected chi connectivity index (χ4v) is 3.24. The summed E-state index contributed by atoms with van der Waals surface area (Å²) in [6.07, 6.45) is 0. The normalized spacial score (nSPS) is 15.6. The number of likely N-dealkylation sites (N-methyl/N-ethyl adjacent to an activating group) is 1. The molecule has 0 unspecified atom stereocenters. The summed E-state index contributed by atoms with van der Waals surface area (Å²) in [7, 11) is 0. The molecule has 0 saturated carbocycles. The van der Waals surface area contributed by atoms with Crippen LogP contribution >= 0.6 is 0 Å².